The van der Waals surface area contributed by atoms with Gasteiger partial charge in [-0.25, -0.2) is 57.5 Å². The summed E-state index contributed by atoms with van der Waals surface area (Å²) < 4.78 is 44.6. The molecule has 10 aliphatic rings. The molecular formula is C38H46N12O20. The van der Waals surface area contributed by atoms with E-state index in [-0.39, 0.29) is 13.2 Å². The largest absolute Gasteiger partial charge is 0.463 e. The lowest BCUT2D eigenvalue weighted by atomic mass is 9.87. The van der Waals surface area contributed by atoms with E-state index < -0.39 is 186 Å². The molecular weight excluding hydrogens is 944 g/mol. The minimum atomic E-state index is -3.31. The van der Waals surface area contributed by atoms with Crippen molar-refractivity contribution in [2.45, 2.75) is 75.5 Å². The molecule has 0 saturated carbocycles. The maximum atomic E-state index is 16.1. The second kappa shape index (κ2) is 14.9. The first-order valence-electron chi connectivity index (χ1n) is 22.2. The highest BCUT2D eigenvalue weighted by atomic mass is 16.6. The molecule has 32 heteroatoms. The van der Waals surface area contributed by atoms with Gasteiger partial charge in [-0.3, -0.25) is 58.8 Å². The van der Waals surface area contributed by atoms with Gasteiger partial charge in [0.1, 0.15) is 53.6 Å². The predicted molar refractivity (Wildman–Crippen MR) is 212 cm³/mol. The SMILES string of the molecule is CCOC(=O)C12N3COCN1C(=O)N1CN4C(=O)N5CN6C(=O)N7COCN8C(=O)N(CN9C(=O)N(CN(C3=O)C12C(=O)OCC)[C@]4(C(=O)OCC)[C@@]59C(=O)OCC)[C@@]6(C(=O)OCC)[C@@]87C(=O)OCC. The Morgan fingerprint density at radius 1 is 0.314 bits per heavy atom. The Kier molecular flexibility index (Phi) is 9.83. The maximum absolute atomic E-state index is 16.1. The van der Waals surface area contributed by atoms with Crippen LogP contribution in [-0.2, 0) is 66.7 Å². The Labute approximate surface area is 394 Å². The minimum absolute atomic E-state index is 0.367. The van der Waals surface area contributed by atoms with E-state index >= 15 is 47.9 Å². The van der Waals surface area contributed by atoms with Crippen LogP contribution in [0.15, 0.2) is 0 Å². The number of esters is 6. The number of rotatable bonds is 12. The Morgan fingerprint density at radius 3 is 0.614 bits per heavy atom. The van der Waals surface area contributed by atoms with Crippen molar-refractivity contribution in [2.24, 2.45) is 0 Å². The third kappa shape index (κ3) is 4.34. The summed E-state index contributed by atoms with van der Waals surface area (Å²) in [6.07, 6.45) is 0. The highest BCUT2D eigenvalue weighted by Crippen LogP contribution is 2.63. The van der Waals surface area contributed by atoms with E-state index in [0.717, 1.165) is 0 Å². The van der Waals surface area contributed by atoms with E-state index in [0.29, 0.717) is 58.8 Å². The number of urea groups is 6. The molecule has 10 heterocycles. The summed E-state index contributed by atoms with van der Waals surface area (Å²) >= 11 is 0. The summed E-state index contributed by atoms with van der Waals surface area (Å²) in [7, 11) is 0. The van der Waals surface area contributed by atoms with Crippen LogP contribution in [0.3, 0.4) is 0 Å². The average Bonchev–Trinajstić information content (AvgIpc) is 3.99. The maximum Gasteiger partial charge on any atom is 0.359 e. The third-order valence-electron chi connectivity index (χ3n) is 14.3. The van der Waals surface area contributed by atoms with E-state index in [1.165, 1.54) is 41.5 Å². The number of carbonyl (C=O) groups is 12. The van der Waals surface area contributed by atoms with Crippen LogP contribution in [0.5, 0.6) is 0 Å². The Hall–Kier alpha value is -7.64. The van der Waals surface area contributed by atoms with Crippen molar-refractivity contribution in [3.8, 4) is 0 Å². The van der Waals surface area contributed by atoms with Gasteiger partial charge in [0.05, 0.1) is 39.6 Å². The zero-order valence-corrected chi connectivity index (χ0v) is 38.4. The molecule has 12 amide bonds. The van der Waals surface area contributed by atoms with Gasteiger partial charge < -0.3 is 37.9 Å². The fourth-order valence-corrected chi connectivity index (χ4v) is 12.1. The zero-order valence-electron chi connectivity index (χ0n) is 38.4. The van der Waals surface area contributed by atoms with Crippen LogP contribution in [0.1, 0.15) is 41.5 Å². The number of nitrogens with zero attached hydrogens (tertiary/aromatic N) is 12. The van der Waals surface area contributed by atoms with Crippen LogP contribution in [0.25, 0.3) is 0 Å². The Balaban J connectivity index is 1.30. The molecule has 70 heavy (non-hydrogen) atoms. The van der Waals surface area contributed by atoms with Crippen LogP contribution in [0.2, 0.25) is 0 Å². The molecule has 0 atom stereocenters. The van der Waals surface area contributed by atoms with E-state index in [4.69, 9.17) is 37.9 Å². The summed E-state index contributed by atoms with van der Waals surface area (Å²) in [4.78, 5) is 190. The van der Waals surface area contributed by atoms with Gasteiger partial charge in [0.25, 0.3) is 34.0 Å². The molecule has 10 aliphatic heterocycles. The van der Waals surface area contributed by atoms with Crippen molar-refractivity contribution in [3.63, 3.8) is 0 Å². The number of amides is 12. The van der Waals surface area contributed by atoms with Gasteiger partial charge in [-0.05, 0) is 41.5 Å². The molecule has 0 radical (unpaired) electrons. The third-order valence-corrected chi connectivity index (χ3v) is 14.3. The first-order valence-corrected chi connectivity index (χ1v) is 22.2. The molecule has 0 aliphatic carbocycles. The number of ether oxygens (including phenoxy) is 8. The lowest BCUT2D eigenvalue weighted by Crippen LogP contribution is -2.83. The fraction of sp³-hybridized carbons (Fsp3) is 0.684. The highest BCUT2D eigenvalue weighted by Gasteiger charge is 2.96. The molecule has 0 aromatic rings. The number of hydrogen-bond acceptors (Lipinski definition) is 20. The lowest BCUT2D eigenvalue weighted by molar-refractivity contribution is -0.225. The Bertz CT molecular complexity index is 2230. The smallest absolute Gasteiger partial charge is 0.359 e. The van der Waals surface area contributed by atoms with Crippen LogP contribution in [-0.4, -0.2) is 258 Å². The monoisotopic (exact) mass is 990 g/mol. The molecule has 378 valence electrons. The van der Waals surface area contributed by atoms with Crippen LogP contribution < -0.4 is 0 Å². The van der Waals surface area contributed by atoms with E-state index in [1.54, 1.807) is 0 Å². The van der Waals surface area contributed by atoms with Crippen molar-refractivity contribution >= 4 is 72.0 Å². The van der Waals surface area contributed by atoms with Crippen molar-refractivity contribution < 1.29 is 95.4 Å². The van der Waals surface area contributed by atoms with Gasteiger partial charge >= 0.3 is 72.0 Å². The number of hydrogen-bond donors (Lipinski definition) is 0. The molecule has 32 nitrogen and oxygen atoms in total. The normalized spacial score (nSPS) is 33.0. The van der Waals surface area contributed by atoms with Gasteiger partial charge in [-0.1, -0.05) is 0 Å². The molecule has 0 aromatic heterocycles. The standard InChI is InChI=1S/C38H46N12O20/c1-7-65-21(51)33-34(22(52)66-8-2)41-15-45-31(61)49-19-64-20-50-32(62)46(36(45,24(54)68-10-4)38(49,50)26(56)70-12-6)16-42(34)28(58)40(33)14-44-30(60)48-18-63-17-47-29(59)43(13-39(33)27(41)57)35(44,23(53)67-9-3)37(47,48)25(55)69-11-5/h7-20H2,1-6H3/t33-,34+,35-,36?,37+,38?. The topological polar surface area (TPSA) is 318 Å². The van der Waals surface area contributed by atoms with Crippen molar-refractivity contribution in [1.82, 2.24) is 58.8 Å². The molecule has 10 rings (SSSR count). The first-order chi connectivity index (χ1) is 33.5. The van der Waals surface area contributed by atoms with E-state index in [9.17, 15) is 9.59 Å². The van der Waals surface area contributed by atoms with Gasteiger partial charge in [0, 0.05) is 0 Å². The molecule has 0 spiro atoms. The van der Waals surface area contributed by atoms with Crippen molar-refractivity contribution in [3.05, 3.63) is 0 Å². The van der Waals surface area contributed by atoms with Gasteiger partial charge in [0.15, 0.2) is 0 Å². The van der Waals surface area contributed by atoms with Crippen LogP contribution in [0, 0.1) is 0 Å². The first kappa shape index (κ1) is 46.1. The predicted octanol–water partition coefficient (Wildman–Crippen LogP) is -3.28. The van der Waals surface area contributed by atoms with Gasteiger partial charge in [-0.15, -0.1) is 0 Å². The lowest BCUT2D eigenvalue weighted by Gasteiger charge is -2.52. The summed E-state index contributed by atoms with van der Waals surface area (Å²) in [6, 6.07) is -8.25. The summed E-state index contributed by atoms with van der Waals surface area (Å²) in [6.45, 7) is -3.17. The van der Waals surface area contributed by atoms with E-state index in [2.05, 4.69) is 0 Å². The zero-order chi connectivity index (χ0) is 50.4. The van der Waals surface area contributed by atoms with Crippen LogP contribution in [0.4, 0.5) is 28.8 Å². The van der Waals surface area contributed by atoms with Crippen molar-refractivity contribution in [1.29, 1.82) is 0 Å². The van der Waals surface area contributed by atoms with Gasteiger partial charge in [0.2, 0.25) is 0 Å². The quantitative estimate of drug-likeness (QED) is 0.137. The van der Waals surface area contributed by atoms with Crippen molar-refractivity contribution in [2.75, 3.05) is 93.2 Å². The minimum Gasteiger partial charge on any atom is -0.463 e. The highest BCUT2D eigenvalue weighted by molar-refractivity contribution is 6.14. The summed E-state index contributed by atoms with van der Waals surface area (Å²) in [5, 5.41) is 0. The van der Waals surface area contributed by atoms with E-state index in [1.807, 2.05) is 0 Å². The molecule has 0 unspecified atom stereocenters. The van der Waals surface area contributed by atoms with Gasteiger partial charge in [-0.2, -0.15) is 0 Å². The molecule has 0 bridgehead atoms. The summed E-state index contributed by atoms with van der Waals surface area (Å²) in [5.74, 6) is -8.80. The summed E-state index contributed by atoms with van der Waals surface area (Å²) in [5.41, 5.74) is -18.4. The van der Waals surface area contributed by atoms with Crippen LogP contribution >= 0.6 is 0 Å². The molecule has 0 aromatic carbocycles. The molecule has 10 fully saturated rings. The Morgan fingerprint density at radius 2 is 0.457 bits per heavy atom. The second-order valence-electron chi connectivity index (χ2n) is 16.7. The molecule has 10 saturated heterocycles. The fourth-order valence-electron chi connectivity index (χ4n) is 12.1. The number of carbonyl (C=O) groups excluding carboxylic acids is 12. The molecule has 0 N–H and O–H groups in total. The average molecular weight is 991 g/mol. The second-order valence-corrected chi connectivity index (χ2v) is 16.7.